The molecule has 4 atom stereocenters. The van der Waals surface area contributed by atoms with Crippen LogP contribution in [0.25, 0.3) is 0 Å². The molecule has 62 heavy (non-hydrogen) atoms. The van der Waals surface area contributed by atoms with Crippen LogP contribution in [0.2, 0.25) is 0 Å². The standard InChI is InChI=1S/C52H96N2O6S2/c1-5-9-13-17-21-25-32-47(55)41-53(42-48(56)33-26-22-18-14-10-6-2)36-38-61-51(59)45-30-29-31-46(40-45)52(60)62-39-37-54(43-49(57)34-27-23-19-15-11-7-3)44-50(58)35-28-24-20-16-12-8-4/h29-31,40,47-50,55-58H,5-28,32-39,41-44H2,1-4H3. The SMILES string of the molecule is CCCCCCCCC(O)CN(CCSC(=O)c1cccc(C(=O)SCCN(CC(O)CCCCCCCC)CC(O)CCCCCCCC)c1)CC(O)CCCCCCCC. The lowest BCUT2D eigenvalue weighted by atomic mass is 10.1. The molecule has 0 amide bonds. The van der Waals surface area contributed by atoms with Crippen molar-refractivity contribution in [2.24, 2.45) is 0 Å². The van der Waals surface area contributed by atoms with E-state index in [9.17, 15) is 30.0 Å². The minimum atomic E-state index is -0.458. The summed E-state index contributed by atoms with van der Waals surface area (Å²) in [5.74, 6) is 1.06. The predicted octanol–water partition coefficient (Wildman–Crippen LogP) is 12.5. The first-order valence-corrected chi connectivity index (χ1v) is 27.7. The van der Waals surface area contributed by atoms with Gasteiger partial charge in [-0.15, -0.1) is 0 Å². The molecule has 1 aromatic carbocycles. The second-order valence-corrected chi connectivity index (χ2v) is 20.3. The second-order valence-electron chi connectivity index (χ2n) is 18.2. The summed E-state index contributed by atoms with van der Waals surface area (Å²) in [6.45, 7) is 12.0. The Labute approximate surface area is 389 Å². The zero-order chi connectivity index (χ0) is 45.5. The van der Waals surface area contributed by atoms with Crippen LogP contribution in [0, 0.1) is 0 Å². The Morgan fingerprint density at radius 2 is 0.694 bits per heavy atom. The maximum absolute atomic E-state index is 13.4. The largest absolute Gasteiger partial charge is 0.392 e. The minimum absolute atomic E-state index is 0.0882. The van der Waals surface area contributed by atoms with Gasteiger partial charge in [0.2, 0.25) is 10.2 Å². The molecular formula is C52H96N2O6S2. The fourth-order valence-electron chi connectivity index (χ4n) is 8.19. The number of carbonyl (C=O) groups excluding carboxylic acids is 2. The summed E-state index contributed by atoms with van der Waals surface area (Å²) < 4.78 is 0. The van der Waals surface area contributed by atoms with Gasteiger partial charge in [0.1, 0.15) is 0 Å². The van der Waals surface area contributed by atoms with Gasteiger partial charge in [0.25, 0.3) is 0 Å². The van der Waals surface area contributed by atoms with E-state index in [2.05, 4.69) is 37.5 Å². The van der Waals surface area contributed by atoms with Gasteiger partial charge in [0.05, 0.1) is 24.4 Å². The minimum Gasteiger partial charge on any atom is -0.392 e. The van der Waals surface area contributed by atoms with Crippen molar-refractivity contribution in [3.63, 3.8) is 0 Å². The first-order chi connectivity index (χ1) is 30.1. The number of nitrogens with zero attached hydrogens (tertiary/aromatic N) is 2. The number of carbonyl (C=O) groups is 2. The fourth-order valence-corrected chi connectivity index (χ4v) is 9.84. The molecule has 0 aliphatic carbocycles. The second kappa shape index (κ2) is 41.5. The van der Waals surface area contributed by atoms with Crippen LogP contribution < -0.4 is 0 Å². The van der Waals surface area contributed by atoms with Crippen molar-refractivity contribution in [3.8, 4) is 0 Å². The lowest BCUT2D eigenvalue weighted by Gasteiger charge is -2.27. The lowest BCUT2D eigenvalue weighted by molar-refractivity contribution is 0.0634. The highest BCUT2D eigenvalue weighted by Crippen LogP contribution is 2.20. The van der Waals surface area contributed by atoms with Gasteiger partial charge >= 0.3 is 0 Å². The summed E-state index contributed by atoms with van der Waals surface area (Å²) in [7, 11) is 0. The van der Waals surface area contributed by atoms with Crippen molar-refractivity contribution in [2.45, 2.75) is 232 Å². The predicted molar refractivity (Wildman–Crippen MR) is 269 cm³/mol. The van der Waals surface area contributed by atoms with Crippen molar-refractivity contribution in [2.75, 3.05) is 50.8 Å². The van der Waals surface area contributed by atoms with Gasteiger partial charge in [-0.25, -0.2) is 0 Å². The highest BCUT2D eigenvalue weighted by Gasteiger charge is 2.20. The van der Waals surface area contributed by atoms with Crippen LogP contribution in [0.1, 0.15) is 228 Å². The van der Waals surface area contributed by atoms with Crippen LogP contribution in [0.15, 0.2) is 24.3 Å². The normalized spacial score (nSPS) is 13.8. The molecule has 0 radical (unpaired) electrons. The molecule has 0 bridgehead atoms. The Hall–Kier alpha value is -0.980. The van der Waals surface area contributed by atoms with Crippen LogP contribution in [-0.2, 0) is 0 Å². The maximum atomic E-state index is 13.4. The summed E-state index contributed by atoms with van der Waals surface area (Å²) in [5, 5.41) is 43.6. The van der Waals surface area contributed by atoms with Gasteiger partial charge in [-0.05, 0) is 31.7 Å². The van der Waals surface area contributed by atoms with Gasteiger partial charge in [0.15, 0.2) is 0 Å². The number of thioether (sulfide) groups is 2. The van der Waals surface area contributed by atoms with E-state index in [0.29, 0.717) is 61.9 Å². The quantitative estimate of drug-likeness (QED) is 0.0471. The Bertz CT molecular complexity index is 1060. The average molecular weight is 909 g/mol. The molecule has 0 aliphatic heterocycles. The Balaban J connectivity index is 2.75. The molecule has 4 unspecified atom stereocenters. The third kappa shape index (κ3) is 33.5. The highest BCUT2D eigenvalue weighted by molar-refractivity contribution is 8.14. The molecule has 1 rings (SSSR count). The molecule has 0 aliphatic rings. The van der Waals surface area contributed by atoms with Crippen LogP contribution >= 0.6 is 23.5 Å². The Morgan fingerprint density at radius 1 is 0.435 bits per heavy atom. The fraction of sp³-hybridized carbons (Fsp3) is 0.846. The van der Waals surface area contributed by atoms with Gasteiger partial charge in [-0.1, -0.05) is 224 Å². The van der Waals surface area contributed by atoms with Gasteiger partial charge in [-0.2, -0.15) is 0 Å². The number of rotatable bonds is 44. The van der Waals surface area contributed by atoms with Crippen LogP contribution in [0.5, 0.6) is 0 Å². The first kappa shape index (κ1) is 59.0. The zero-order valence-electron chi connectivity index (χ0n) is 40.4. The molecule has 0 spiro atoms. The molecule has 10 heteroatoms. The molecule has 362 valence electrons. The maximum Gasteiger partial charge on any atom is 0.219 e. The molecule has 0 saturated carbocycles. The van der Waals surface area contributed by atoms with Crippen molar-refractivity contribution in [1.29, 1.82) is 0 Å². The highest BCUT2D eigenvalue weighted by atomic mass is 32.2. The number of hydrogen-bond acceptors (Lipinski definition) is 10. The van der Waals surface area contributed by atoms with E-state index in [1.807, 2.05) is 0 Å². The van der Waals surface area contributed by atoms with E-state index < -0.39 is 24.4 Å². The molecule has 0 saturated heterocycles. The topological polar surface area (TPSA) is 122 Å². The van der Waals surface area contributed by atoms with Crippen molar-refractivity contribution in [3.05, 3.63) is 35.4 Å². The van der Waals surface area contributed by atoms with Crippen molar-refractivity contribution < 1.29 is 30.0 Å². The van der Waals surface area contributed by atoms with E-state index in [1.54, 1.807) is 24.3 Å². The van der Waals surface area contributed by atoms with Crippen molar-refractivity contribution >= 4 is 33.8 Å². The van der Waals surface area contributed by atoms with E-state index in [0.717, 1.165) is 77.0 Å². The molecule has 0 fully saturated rings. The summed E-state index contributed by atoms with van der Waals surface area (Å²) in [4.78, 5) is 31.1. The van der Waals surface area contributed by atoms with Gasteiger partial charge < -0.3 is 20.4 Å². The first-order valence-electron chi connectivity index (χ1n) is 25.7. The summed E-state index contributed by atoms with van der Waals surface area (Å²) in [6, 6.07) is 7.00. The van der Waals surface area contributed by atoms with Gasteiger partial charge in [0, 0.05) is 61.9 Å². The molecular weight excluding hydrogens is 813 g/mol. The monoisotopic (exact) mass is 909 g/mol. The van der Waals surface area contributed by atoms with Crippen molar-refractivity contribution in [1.82, 2.24) is 9.80 Å². The molecule has 0 heterocycles. The number of benzene rings is 1. The smallest absolute Gasteiger partial charge is 0.219 e. The van der Waals surface area contributed by atoms with Gasteiger partial charge in [-0.3, -0.25) is 19.4 Å². The number of unbranched alkanes of at least 4 members (excludes halogenated alkanes) is 20. The van der Waals surface area contributed by atoms with Crippen LogP contribution in [0.3, 0.4) is 0 Å². The number of aliphatic hydroxyl groups is 4. The number of aliphatic hydroxyl groups excluding tert-OH is 4. The van der Waals surface area contributed by atoms with Crippen LogP contribution in [-0.4, -0.2) is 116 Å². The molecule has 4 N–H and O–H groups in total. The Morgan fingerprint density at radius 3 is 0.968 bits per heavy atom. The molecule has 1 aromatic rings. The van der Waals surface area contributed by atoms with E-state index >= 15 is 0 Å². The number of hydrogen-bond donors (Lipinski definition) is 4. The molecule has 8 nitrogen and oxygen atoms in total. The van der Waals surface area contributed by atoms with E-state index in [-0.39, 0.29) is 10.2 Å². The summed E-state index contributed by atoms with van der Waals surface area (Å²) in [5.41, 5.74) is 0.993. The van der Waals surface area contributed by atoms with E-state index in [4.69, 9.17) is 0 Å². The third-order valence-corrected chi connectivity index (χ3v) is 13.8. The lowest BCUT2D eigenvalue weighted by Crippen LogP contribution is -2.39. The zero-order valence-corrected chi connectivity index (χ0v) is 42.0. The summed E-state index contributed by atoms with van der Waals surface area (Å²) in [6.07, 6.45) is 29.5. The third-order valence-electron chi connectivity index (χ3n) is 12.1. The van der Waals surface area contributed by atoms with Crippen LogP contribution in [0.4, 0.5) is 0 Å². The summed E-state index contributed by atoms with van der Waals surface area (Å²) >= 11 is 2.46. The molecule has 0 aromatic heterocycles. The van der Waals surface area contributed by atoms with E-state index in [1.165, 1.54) is 126 Å². The Kier molecular flexibility index (Phi) is 39.5. The average Bonchev–Trinajstić information content (AvgIpc) is 3.25.